The van der Waals surface area contributed by atoms with Crippen molar-refractivity contribution in [1.82, 2.24) is 4.98 Å². The molecule has 0 amide bonds. The Bertz CT molecular complexity index is 461. The Morgan fingerprint density at radius 1 is 1.60 bits per heavy atom. The Hall–Kier alpha value is -1.58. The molecule has 0 saturated carbocycles. The molecular formula is C11H13NO3. The second-order valence-electron chi connectivity index (χ2n) is 3.88. The van der Waals surface area contributed by atoms with Gasteiger partial charge in [-0.15, -0.1) is 0 Å². The largest absolute Gasteiger partial charge is 0.465 e. The van der Waals surface area contributed by atoms with Gasteiger partial charge in [-0.05, 0) is 30.4 Å². The molecule has 15 heavy (non-hydrogen) atoms. The maximum atomic E-state index is 11.5. The fourth-order valence-corrected chi connectivity index (χ4v) is 2.01. The van der Waals surface area contributed by atoms with Crippen molar-refractivity contribution in [1.29, 1.82) is 0 Å². The lowest BCUT2D eigenvalue weighted by Gasteiger charge is -2.05. The van der Waals surface area contributed by atoms with Crippen molar-refractivity contribution in [3.05, 3.63) is 33.2 Å². The minimum Gasteiger partial charge on any atom is -0.465 e. The van der Waals surface area contributed by atoms with Crippen LogP contribution < -0.4 is 5.56 Å². The topological polar surface area (TPSA) is 59.2 Å². The number of carbonyl (C=O) groups is 1. The van der Waals surface area contributed by atoms with E-state index in [-0.39, 0.29) is 11.1 Å². The summed E-state index contributed by atoms with van der Waals surface area (Å²) in [5.74, 6) is -0.168. The predicted octanol–water partition coefficient (Wildman–Crippen LogP) is 1.21. The Morgan fingerprint density at radius 2 is 2.33 bits per heavy atom. The molecule has 0 bridgehead atoms. The lowest BCUT2D eigenvalue weighted by Crippen LogP contribution is -2.20. The van der Waals surface area contributed by atoms with E-state index in [4.69, 9.17) is 0 Å². The number of esters is 1. The minimum atomic E-state index is -0.571. The van der Waals surface area contributed by atoms with Crippen molar-refractivity contribution in [3.63, 3.8) is 0 Å². The molecule has 0 saturated heterocycles. The van der Waals surface area contributed by atoms with Crippen LogP contribution in [0.2, 0.25) is 0 Å². The molecule has 1 unspecified atom stereocenters. The molecule has 4 heteroatoms. The summed E-state index contributed by atoms with van der Waals surface area (Å²) in [7, 11) is 1.28. The molecule has 1 N–H and O–H groups in total. The van der Waals surface area contributed by atoms with Crippen LogP contribution >= 0.6 is 0 Å². The lowest BCUT2D eigenvalue weighted by molar-refractivity contribution is 0.0598. The zero-order chi connectivity index (χ0) is 11.0. The summed E-state index contributed by atoms with van der Waals surface area (Å²) in [6, 6.07) is 1.66. The van der Waals surface area contributed by atoms with Crippen LogP contribution in [0.25, 0.3) is 0 Å². The van der Waals surface area contributed by atoms with Crippen LogP contribution in [0.4, 0.5) is 0 Å². The second-order valence-corrected chi connectivity index (χ2v) is 3.88. The molecule has 0 spiro atoms. The van der Waals surface area contributed by atoms with Crippen LogP contribution in [-0.2, 0) is 11.2 Å². The van der Waals surface area contributed by atoms with Crippen LogP contribution in [0.5, 0.6) is 0 Å². The number of carbonyl (C=O) groups excluding carboxylic acids is 1. The van der Waals surface area contributed by atoms with Crippen molar-refractivity contribution in [2.24, 2.45) is 0 Å². The van der Waals surface area contributed by atoms with E-state index in [0.717, 1.165) is 24.1 Å². The van der Waals surface area contributed by atoms with Crippen LogP contribution in [0, 0.1) is 0 Å². The molecule has 1 aromatic heterocycles. The number of ether oxygens (including phenoxy) is 1. The van der Waals surface area contributed by atoms with Crippen LogP contribution in [0.3, 0.4) is 0 Å². The smallest absolute Gasteiger partial charge is 0.343 e. The van der Waals surface area contributed by atoms with Crippen LogP contribution in [0.15, 0.2) is 10.9 Å². The summed E-state index contributed by atoms with van der Waals surface area (Å²) in [5.41, 5.74) is 1.77. The van der Waals surface area contributed by atoms with Crippen LogP contribution in [0.1, 0.15) is 40.9 Å². The van der Waals surface area contributed by atoms with E-state index in [9.17, 15) is 9.59 Å². The van der Waals surface area contributed by atoms with E-state index in [2.05, 4.69) is 16.6 Å². The number of fused-ring (bicyclic) bond motifs is 1. The fraction of sp³-hybridized carbons (Fsp3) is 0.455. The molecule has 0 radical (unpaired) electrons. The summed E-state index contributed by atoms with van der Waals surface area (Å²) in [6.45, 7) is 2.09. The number of rotatable bonds is 1. The van der Waals surface area contributed by atoms with Crippen molar-refractivity contribution in [3.8, 4) is 0 Å². The molecule has 1 aliphatic carbocycles. The van der Waals surface area contributed by atoms with Gasteiger partial charge >= 0.3 is 5.97 Å². The summed E-state index contributed by atoms with van der Waals surface area (Å²) in [4.78, 5) is 25.6. The second kappa shape index (κ2) is 3.53. The number of pyridine rings is 1. The summed E-state index contributed by atoms with van der Waals surface area (Å²) in [6.07, 6.45) is 1.91. The molecule has 80 valence electrons. The van der Waals surface area contributed by atoms with Gasteiger partial charge in [0.05, 0.1) is 7.11 Å². The molecule has 4 nitrogen and oxygen atoms in total. The number of hydrogen-bond acceptors (Lipinski definition) is 3. The average molecular weight is 207 g/mol. The molecular weight excluding hydrogens is 194 g/mol. The molecule has 1 atom stereocenters. The SMILES string of the molecule is COC(=O)c1cc2c([nH]c1=O)CCC2C. The van der Waals surface area contributed by atoms with E-state index in [1.807, 2.05) is 0 Å². The zero-order valence-electron chi connectivity index (χ0n) is 8.79. The fourth-order valence-electron chi connectivity index (χ4n) is 2.01. The standard InChI is InChI=1S/C11H13NO3/c1-6-3-4-9-7(6)5-8(10(13)12-9)11(14)15-2/h5-6H,3-4H2,1-2H3,(H,12,13). The highest BCUT2D eigenvalue weighted by Gasteiger charge is 2.23. The number of H-pyrrole nitrogens is 1. The summed E-state index contributed by atoms with van der Waals surface area (Å²) in [5, 5.41) is 0. The first kappa shape index (κ1) is 9.96. The van der Waals surface area contributed by atoms with Gasteiger partial charge < -0.3 is 9.72 Å². The third-order valence-electron chi connectivity index (χ3n) is 2.92. The van der Waals surface area contributed by atoms with Crippen molar-refractivity contribution >= 4 is 5.97 Å². The van der Waals surface area contributed by atoms with E-state index in [1.165, 1.54) is 7.11 Å². The maximum Gasteiger partial charge on any atom is 0.343 e. The molecule has 1 heterocycles. The van der Waals surface area contributed by atoms with Crippen molar-refractivity contribution in [2.75, 3.05) is 7.11 Å². The normalized spacial score (nSPS) is 18.7. The number of hydrogen-bond donors (Lipinski definition) is 1. The Balaban J connectivity index is 2.55. The Labute approximate surface area is 87.3 Å². The zero-order valence-corrected chi connectivity index (χ0v) is 8.79. The Morgan fingerprint density at radius 3 is 3.00 bits per heavy atom. The highest BCUT2D eigenvalue weighted by molar-refractivity contribution is 5.89. The molecule has 0 aliphatic heterocycles. The molecule has 1 aliphatic rings. The van der Waals surface area contributed by atoms with Gasteiger partial charge in [0.2, 0.25) is 0 Å². The quantitative estimate of drug-likeness (QED) is 0.704. The van der Waals surface area contributed by atoms with Gasteiger partial charge in [-0.2, -0.15) is 0 Å². The predicted molar refractivity (Wildman–Crippen MR) is 55.1 cm³/mol. The van der Waals surface area contributed by atoms with Gasteiger partial charge in [-0.1, -0.05) is 6.92 Å². The van der Waals surface area contributed by atoms with Gasteiger partial charge in [0.1, 0.15) is 5.56 Å². The minimum absolute atomic E-state index is 0.102. The Kier molecular flexibility index (Phi) is 2.34. The van der Waals surface area contributed by atoms with Crippen molar-refractivity contribution < 1.29 is 9.53 Å². The first-order valence-corrected chi connectivity index (χ1v) is 4.98. The van der Waals surface area contributed by atoms with E-state index in [1.54, 1.807) is 6.07 Å². The van der Waals surface area contributed by atoms with E-state index in [0.29, 0.717) is 5.92 Å². The summed E-state index contributed by atoms with van der Waals surface area (Å²) >= 11 is 0. The van der Waals surface area contributed by atoms with Gasteiger partial charge in [-0.25, -0.2) is 4.79 Å². The number of methoxy groups -OCH3 is 1. The molecule has 0 fully saturated rings. The first-order chi connectivity index (χ1) is 7.13. The van der Waals surface area contributed by atoms with Gasteiger partial charge in [0.25, 0.3) is 5.56 Å². The highest BCUT2D eigenvalue weighted by Crippen LogP contribution is 2.30. The number of aromatic amines is 1. The third kappa shape index (κ3) is 1.56. The van der Waals surface area contributed by atoms with Gasteiger partial charge in [-0.3, -0.25) is 4.79 Å². The molecule has 0 aromatic carbocycles. The van der Waals surface area contributed by atoms with Gasteiger partial charge in [0.15, 0.2) is 0 Å². The first-order valence-electron chi connectivity index (χ1n) is 4.98. The molecule has 1 aromatic rings. The highest BCUT2D eigenvalue weighted by atomic mass is 16.5. The number of aryl methyl sites for hydroxylation is 1. The maximum absolute atomic E-state index is 11.5. The number of aromatic nitrogens is 1. The third-order valence-corrected chi connectivity index (χ3v) is 2.92. The average Bonchev–Trinajstić information content (AvgIpc) is 2.58. The molecule has 2 rings (SSSR count). The lowest BCUT2D eigenvalue weighted by atomic mass is 10.0. The monoisotopic (exact) mass is 207 g/mol. The van der Waals surface area contributed by atoms with Gasteiger partial charge in [0, 0.05) is 5.69 Å². The van der Waals surface area contributed by atoms with Crippen LogP contribution in [-0.4, -0.2) is 18.1 Å². The van der Waals surface area contributed by atoms with E-state index >= 15 is 0 Å². The number of nitrogens with one attached hydrogen (secondary N) is 1. The van der Waals surface area contributed by atoms with E-state index < -0.39 is 5.97 Å². The summed E-state index contributed by atoms with van der Waals surface area (Å²) < 4.78 is 4.55. The van der Waals surface area contributed by atoms with Crippen molar-refractivity contribution in [2.45, 2.75) is 25.7 Å².